The summed E-state index contributed by atoms with van der Waals surface area (Å²) in [6.07, 6.45) is 80.6. The van der Waals surface area contributed by atoms with Crippen molar-refractivity contribution in [3.63, 3.8) is 0 Å². The molecule has 468 valence electrons. The number of carbonyl (C=O) groups is 1. The number of allylic oxidation sites excluding steroid dienone is 15. The van der Waals surface area contributed by atoms with Crippen LogP contribution in [0.1, 0.15) is 296 Å². The van der Waals surface area contributed by atoms with Crippen molar-refractivity contribution < 1.29 is 39.8 Å². The van der Waals surface area contributed by atoms with E-state index in [4.69, 9.17) is 9.47 Å². The Morgan fingerprint density at radius 1 is 0.432 bits per heavy atom. The molecule has 1 aliphatic rings. The molecule has 1 heterocycles. The quantitative estimate of drug-likeness (QED) is 0.0261. The van der Waals surface area contributed by atoms with Gasteiger partial charge in [-0.2, -0.15) is 0 Å². The summed E-state index contributed by atoms with van der Waals surface area (Å²) in [4.78, 5) is 13.1. The van der Waals surface area contributed by atoms with E-state index in [2.05, 4.69) is 104 Å². The molecule has 0 aromatic rings. The van der Waals surface area contributed by atoms with Gasteiger partial charge in [0.15, 0.2) is 6.29 Å². The van der Waals surface area contributed by atoms with Crippen molar-refractivity contribution >= 4 is 5.91 Å². The van der Waals surface area contributed by atoms with Crippen LogP contribution in [0, 0.1) is 0 Å². The molecule has 9 heteroatoms. The van der Waals surface area contributed by atoms with E-state index in [1.54, 1.807) is 6.08 Å². The minimum absolute atomic E-state index is 0.184. The second kappa shape index (κ2) is 60.2. The molecule has 1 amide bonds. The fraction of sp³-hybridized carbons (Fsp3) is 0.764. The molecule has 7 unspecified atom stereocenters. The largest absolute Gasteiger partial charge is 0.394 e. The number of amides is 1. The number of hydrogen-bond donors (Lipinski definition) is 6. The summed E-state index contributed by atoms with van der Waals surface area (Å²) < 4.78 is 11.3. The second-order valence-electron chi connectivity index (χ2n) is 23.2. The number of unbranched alkanes of at least 4 members (excludes halogenated alkanes) is 34. The lowest BCUT2D eigenvalue weighted by atomic mass is 9.99. The van der Waals surface area contributed by atoms with Crippen LogP contribution in [0.5, 0.6) is 0 Å². The first-order valence-electron chi connectivity index (χ1n) is 34.0. The van der Waals surface area contributed by atoms with Crippen LogP contribution in [0.4, 0.5) is 0 Å². The van der Waals surface area contributed by atoms with Crippen LogP contribution < -0.4 is 5.32 Å². The molecule has 1 saturated heterocycles. The summed E-state index contributed by atoms with van der Waals surface area (Å²) in [6, 6.07) is -0.816. The molecule has 0 bridgehead atoms. The van der Waals surface area contributed by atoms with Crippen molar-refractivity contribution in [1.82, 2.24) is 5.32 Å². The predicted octanol–water partition coefficient (Wildman–Crippen LogP) is 18.3. The number of aliphatic hydroxyl groups excluding tert-OH is 5. The average Bonchev–Trinajstić information content (AvgIpc) is 3.47. The third kappa shape index (κ3) is 49.1. The zero-order valence-electron chi connectivity index (χ0n) is 52.3. The van der Waals surface area contributed by atoms with Crippen LogP contribution >= 0.6 is 0 Å². The molecule has 0 aliphatic carbocycles. The number of hydrogen-bond acceptors (Lipinski definition) is 8. The van der Waals surface area contributed by atoms with Gasteiger partial charge in [0.2, 0.25) is 5.91 Å². The Balaban J connectivity index is 2.18. The molecule has 0 aromatic carbocycles. The standard InChI is InChI=1S/C72H127NO8/c1-3-5-7-9-11-13-15-17-19-21-23-25-27-29-31-32-33-34-36-38-40-42-44-46-48-50-52-54-56-58-60-62-68(76)73-65(64-80-72-71(79)70(78)69(77)67(63-74)81-72)66(75)61-59-57-55-53-51-49-47-45-43-41-39-37-35-30-28-26-24-22-20-18-16-14-12-10-8-6-4-2/h5,7,11,13,17,19,23,25,29,31,33-34,38,40,59,61,65-67,69-72,74-75,77-79H,3-4,6,8-10,12,14-16,18,20-22,24,26-28,30,32,35-37,39,41-58,60,62-64H2,1-2H3,(H,73,76)/b7-5-,13-11-,19-17-,25-23-,31-29-,34-33-,40-38-,61-59+. The molecule has 1 aliphatic heterocycles. The maximum atomic E-state index is 13.1. The van der Waals surface area contributed by atoms with E-state index in [-0.39, 0.29) is 12.5 Å². The highest BCUT2D eigenvalue weighted by Crippen LogP contribution is 2.23. The number of carbonyl (C=O) groups excluding carboxylic acids is 1. The number of nitrogens with one attached hydrogen (secondary N) is 1. The summed E-state index contributed by atoms with van der Waals surface area (Å²) in [6.45, 7) is 3.69. The zero-order valence-corrected chi connectivity index (χ0v) is 52.3. The van der Waals surface area contributed by atoms with Crippen LogP contribution in [0.2, 0.25) is 0 Å². The summed E-state index contributed by atoms with van der Waals surface area (Å²) in [5, 5.41) is 54.8. The minimum Gasteiger partial charge on any atom is -0.394 e. The van der Waals surface area contributed by atoms with Gasteiger partial charge >= 0.3 is 0 Å². The van der Waals surface area contributed by atoms with Crippen LogP contribution in [0.25, 0.3) is 0 Å². The summed E-state index contributed by atoms with van der Waals surface area (Å²) in [5.41, 5.74) is 0. The monoisotopic (exact) mass is 1130 g/mol. The lowest BCUT2D eigenvalue weighted by Crippen LogP contribution is -2.60. The Bertz CT molecular complexity index is 1600. The number of ether oxygens (including phenoxy) is 2. The topological polar surface area (TPSA) is 149 Å². The normalized spacial score (nSPS) is 19.0. The van der Waals surface area contributed by atoms with Crippen LogP contribution in [-0.4, -0.2) is 87.5 Å². The molecule has 0 radical (unpaired) electrons. The maximum Gasteiger partial charge on any atom is 0.220 e. The smallest absolute Gasteiger partial charge is 0.220 e. The Morgan fingerprint density at radius 3 is 1.14 bits per heavy atom. The highest BCUT2D eigenvalue weighted by molar-refractivity contribution is 5.76. The Kier molecular flexibility index (Phi) is 56.6. The van der Waals surface area contributed by atoms with Gasteiger partial charge in [-0.1, -0.05) is 310 Å². The molecule has 0 spiro atoms. The first-order valence-corrected chi connectivity index (χ1v) is 34.0. The Morgan fingerprint density at radius 2 is 0.765 bits per heavy atom. The highest BCUT2D eigenvalue weighted by atomic mass is 16.7. The van der Waals surface area contributed by atoms with E-state index in [0.717, 1.165) is 96.3 Å². The van der Waals surface area contributed by atoms with Crippen molar-refractivity contribution in [1.29, 1.82) is 0 Å². The average molecular weight is 1130 g/mol. The molecular weight excluding hydrogens is 1010 g/mol. The third-order valence-corrected chi connectivity index (χ3v) is 15.7. The van der Waals surface area contributed by atoms with Crippen molar-refractivity contribution in [2.45, 2.75) is 339 Å². The molecule has 0 saturated carbocycles. The van der Waals surface area contributed by atoms with E-state index in [1.165, 1.54) is 180 Å². The fourth-order valence-corrected chi connectivity index (χ4v) is 10.4. The SMILES string of the molecule is CC/C=C\C/C=C\C/C=C\C/C=C\C/C=C\C/C=C\C/C=C\CCCCCCCCCCCC(=O)NC(COC1OC(CO)C(O)C(O)C1O)C(O)/C=C/CCCCCCCCCCCCCCCCCCCCCCCCCCC. The molecule has 9 nitrogen and oxygen atoms in total. The van der Waals surface area contributed by atoms with E-state index >= 15 is 0 Å². The molecule has 1 rings (SSSR count). The molecule has 0 aromatic heterocycles. The maximum absolute atomic E-state index is 13.1. The Hall–Kier alpha value is -2.89. The molecule has 7 atom stereocenters. The molecule has 6 N–H and O–H groups in total. The zero-order chi connectivity index (χ0) is 58.6. The second-order valence-corrected chi connectivity index (χ2v) is 23.2. The van der Waals surface area contributed by atoms with Gasteiger partial charge in [0, 0.05) is 6.42 Å². The first kappa shape index (κ1) is 76.1. The van der Waals surface area contributed by atoms with E-state index < -0.39 is 49.5 Å². The van der Waals surface area contributed by atoms with Gasteiger partial charge in [-0.15, -0.1) is 0 Å². The molecular formula is C72H127NO8. The number of aliphatic hydroxyl groups is 5. The lowest BCUT2D eigenvalue weighted by Gasteiger charge is -2.40. The van der Waals surface area contributed by atoms with E-state index in [1.807, 2.05) is 6.08 Å². The summed E-state index contributed by atoms with van der Waals surface area (Å²) >= 11 is 0. The number of rotatable bonds is 58. The highest BCUT2D eigenvalue weighted by Gasteiger charge is 2.44. The fourth-order valence-electron chi connectivity index (χ4n) is 10.4. The minimum atomic E-state index is -1.57. The van der Waals surface area contributed by atoms with Gasteiger partial charge in [0.1, 0.15) is 24.4 Å². The van der Waals surface area contributed by atoms with Crippen molar-refractivity contribution in [2.24, 2.45) is 0 Å². The van der Waals surface area contributed by atoms with E-state index in [9.17, 15) is 30.3 Å². The van der Waals surface area contributed by atoms with Gasteiger partial charge in [0.25, 0.3) is 0 Å². The van der Waals surface area contributed by atoms with Crippen molar-refractivity contribution in [2.75, 3.05) is 13.2 Å². The van der Waals surface area contributed by atoms with Crippen molar-refractivity contribution in [3.05, 3.63) is 97.2 Å². The lowest BCUT2D eigenvalue weighted by molar-refractivity contribution is -0.302. The molecule has 1 fully saturated rings. The third-order valence-electron chi connectivity index (χ3n) is 15.7. The van der Waals surface area contributed by atoms with E-state index in [0.29, 0.717) is 6.42 Å². The van der Waals surface area contributed by atoms with Gasteiger partial charge in [-0.3, -0.25) is 4.79 Å². The van der Waals surface area contributed by atoms with Gasteiger partial charge < -0.3 is 40.3 Å². The predicted molar refractivity (Wildman–Crippen MR) is 345 cm³/mol. The first-order chi connectivity index (χ1) is 39.8. The molecule has 81 heavy (non-hydrogen) atoms. The van der Waals surface area contributed by atoms with Crippen LogP contribution in [0.15, 0.2) is 97.2 Å². The van der Waals surface area contributed by atoms with Gasteiger partial charge in [0.05, 0.1) is 25.4 Å². The van der Waals surface area contributed by atoms with Crippen LogP contribution in [0.3, 0.4) is 0 Å². The van der Waals surface area contributed by atoms with Crippen molar-refractivity contribution in [3.8, 4) is 0 Å². The Labute approximate surface area is 498 Å². The van der Waals surface area contributed by atoms with Crippen LogP contribution in [-0.2, 0) is 14.3 Å². The van der Waals surface area contributed by atoms with Gasteiger partial charge in [-0.05, 0) is 77.0 Å². The summed E-state index contributed by atoms with van der Waals surface area (Å²) in [5.74, 6) is -0.184. The summed E-state index contributed by atoms with van der Waals surface area (Å²) in [7, 11) is 0. The van der Waals surface area contributed by atoms with Gasteiger partial charge in [-0.25, -0.2) is 0 Å².